The topological polar surface area (TPSA) is 50.6 Å². The number of hydrogen-bond donors (Lipinski definition) is 0. The van der Waals surface area contributed by atoms with E-state index in [0.717, 1.165) is 16.8 Å². The largest absolute Gasteiger partial charge is 0.392 e. The van der Waals surface area contributed by atoms with Gasteiger partial charge in [-0.1, -0.05) is 77.3 Å². The standard InChI is InChI=1S/C29H27Cl3N4O2/c1-19-28(20(2)36(33-19)38-18-21-6-4-3-5-7-21)29(37)34-14-15-35(26-13-12-24(31)16-25(26)32)27(17-34)22-8-10-23(30)11-9-22/h3-13,16,27H,14-15,17-18H2,1-2H3. The van der Waals surface area contributed by atoms with Gasteiger partial charge in [-0.15, -0.1) is 9.94 Å². The Bertz CT molecular complexity index is 1440. The van der Waals surface area contributed by atoms with Gasteiger partial charge < -0.3 is 14.6 Å². The third-order valence-corrected chi connectivity index (χ3v) is 7.59. The highest BCUT2D eigenvalue weighted by Gasteiger charge is 2.34. The number of aromatic nitrogens is 2. The number of aryl methyl sites for hydroxylation is 1. The Kier molecular flexibility index (Phi) is 7.84. The van der Waals surface area contributed by atoms with E-state index in [2.05, 4.69) is 10.00 Å². The zero-order valence-electron chi connectivity index (χ0n) is 21.1. The molecule has 1 aliphatic rings. The average molecular weight is 570 g/mol. The van der Waals surface area contributed by atoms with E-state index >= 15 is 0 Å². The maximum absolute atomic E-state index is 13.8. The Balaban J connectivity index is 1.41. The predicted molar refractivity (Wildman–Crippen MR) is 152 cm³/mol. The lowest BCUT2D eigenvalue weighted by atomic mass is 10.0. The molecule has 5 rings (SSSR count). The van der Waals surface area contributed by atoms with Crippen LogP contribution in [0.4, 0.5) is 5.69 Å². The van der Waals surface area contributed by atoms with E-state index in [4.69, 9.17) is 39.6 Å². The molecule has 0 radical (unpaired) electrons. The fraction of sp³-hybridized carbons (Fsp3) is 0.241. The van der Waals surface area contributed by atoms with E-state index < -0.39 is 0 Å². The van der Waals surface area contributed by atoms with Crippen LogP contribution in [-0.4, -0.2) is 40.4 Å². The molecule has 0 spiro atoms. The highest BCUT2D eigenvalue weighted by Crippen LogP contribution is 2.37. The molecule has 1 aromatic heterocycles. The van der Waals surface area contributed by atoms with Crippen LogP contribution >= 0.6 is 34.8 Å². The summed E-state index contributed by atoms with van der Waals surface area (Å²) in [5.74, 6) is -0.0737. The second-order valence-electron chi connectivity index (χ2n) is 9.29. The molecule has 0 aliphatic carbocycles. The van der Waals surface area contributed by atoms with Crippen LogP contribution < -0.4 is 9.74 Å². The molecule has 2 heterocycles. The Labute approximate surface area is 237 Å². The van der Waals surface area contributed by atoms with Crippen molar-refractivity contribution in [3.05, 3.63) is 116 Å². The first-order valence-electron chi connectivity index (χ1n) is 12.3. The second kappa shape index (κ2) is 11.3. The van der Waals surface area contributed by atoms with Gasteiger partial charge in [0.15, 0.2) is 0 Å². The number of halogens is 3. The fourth-order valence-corrected chi connectivity index (χ4v) is 5.51. The van der Waals surface area contributed by atoms with Gasteiger partial charge in [-0.25, -0.2) is 0 Å². The van der Waals surface area contributed by atoms with E-state index in [0.29, 0.717) is 58.3 Å². The molecule has 0 saturated carbocycles. The van der Waals surface area contributed by atoms with E-state index in [1.165, 1.54) is 4.85 Å². The number of amides is 1. The summed E-state index contributed by atoms with van der Waals surface area (Å²) in [5.41, 5.74) is 4.80. The maximum Gasteiger partial charge on any atom is 0.257 e. The summed E-state index contributed by atoms with van der Waals surface area (Å²) in [6, 6.07) is 22.9. The van der Waals surface area contributed by atoms with Crippen molar-refractivity contribution in [2.24, 2.45) is 0 Å². The van der Waals surface area contributed by atoms with Gasteiger partial charge in [0.1, 0.15) is 6.61 Å². The normalized spacial score (nSPS) is 15.6. The van der Waals surface area contributed by atoms with Gasteiger partial charge >= 0.3 is 0 Å². The lowest BCUT2D eigenvalue weighted by Crippen LogP contribution is -2.51. The molecule has 3 aromatic carbocycles. The zero-order chi connectivity index (χ0) is 26.8. The monoisotopic (exact) mass is 568 g/mol. The van der Waals surface area contributed by atoms with E-state index in [-0.39, 0.29) is 11.9 Å². The third-order valence-electron chi connectivity index (χ3n) is 6.80. The molecule has 1 atom stereocenters. The van der Waals surface area contributed by atoms with Crippen molar-refractivity contribution in [3.63, 3.8) is 0 Å². The highest BCUT2D eigenvalue weighted by molar-refractivity contribution is 6.36. The van der Waals surface area contributed by atoms with Crippen LogP contribution in [0.25, 0.3) is 0 Å². The SMILES string of the molecule is Cc1nn(OCc2ccccc2)c(C)c1C(=O)N1CCN(c2ccc(Cl)cc2Cl)C(c2ccc(Cl)cc2)C1. The highest BCUT2D eigenvalue weighted by atomic mass is 35.5. The minimum atomic E-state index is -0.131. The molecular weight excluding hydrogens is 543 g/mol. The van der Waals surface area contributed by atoms with Crippen molar-refractivity contribution in [1.29, 1.82) is 0 Å². The lowest BCUT2D eigenvalue weighted by molar-refractivity contribution is 0.0632. The minimum Gasteiger partial charge on any atom is -0.392 e. The molecular formula is C29H27Cl3N4O2. The van der Waals surface area contributed by atoms with Crippen LogP contribution in [0.2, 0.25) is 15.1 Å². The summed E-state index contributed by atoms with van der Waals surface area (Å²) >= 11 is 18.9. The van der Waals surface area contributed by atoms with E-state index in [9.17, 15) is 4.79 Å². The van der Waals surface area contributed by atoms with Gasteiger partial charge in [0.05, 0.1) is 33.7 Å². The number of hydrogen-bond acceptors (Lipinski definition) is 4. The van der Waals surface area contributed by atoms with E-state index in [1.54, 1.807) is 6.07 Å². The van der Waals surface area contributed by atoms with Crippen LogP contribution in [0, 0.1) is 13.8 Å². The molecule has 6 nitrogen and oxygen atoms in total. The average Bonchev–Trinajstić information content (AvgIpc) is 3.20. The summed E-state index contributed by atoms with van der Waals surface area (Å²) in [5, 5.41) is 6.30. The van der Waals surface area contributed by atoms with Gasteiger partial charge in [0.2, 0.25) is 0 Å². The number of anilines is 1. The van der Waals surface area contributed by atoms with Crippen molar-refractivity contribution in [2.45, 2.75) is 26.5 Å². The fourth-order valence-electron chi connectivity index (χ4n) is 4.86. The molecule has 1 unspecified atom stereocenters. The smallest absolute Gasteiger partial charge is 0.257 e. The van der Waals surface area contributed by atoms with E-state index in [1.807, 2.05) is 85.5 Å². The van der Waals surface area contributed by atoms with Crippen LogP contribution in [0.15, 0.2) is 72.8 Å². The quantitative estimate of drug-likeness (QED) is 0.256. The van der Waals surface area contributed by atoms with Gasteiger partial charge in [-0.2, -0.15) is 0 Å². The number of carbonyl (C=O) groups is 1. The summed E-state index contributed by atoms with van der Waals surface area (Å²) in [4.78, 5) is 25.3. The van der Waals surface area contributed by atoms with Gasteiger partial charge in [0, 0.05) is 29.7 Å². The molecule has 1 saturated heterocycles. The van der Waals surface area contributed by atoms with Gasteiger partial charge in [-0.3, -0.25) is 4.79 Å². The second-order valence-corrected chi connectivity index (χ2v) is 10.6. The summed E-state index contributed by atoms with van der Waals surface area (Å²) in [6.07, 6.45) is 0. The Morgan fingerprint density at radius 3 is 2.37 bits per heavy atom. The first kappa shape index (κ1) is 26.4. The third kappa shape index (κ3) is 5.48. The van der Waals surface area contributed by atoms with Gasteiger partial charge in [-0.05, 0) is 55.3 Å². The summed E-state index contributed by atoms with van der Waals surface area (Å²) in [6.45, 7) is 5.64. The maximum atomic E-state index is 13.8. The molecule has 38 heavy (non-hydrogen) atoms. The molecule has 9 heteroatoms. The van der Waals surface area contributed by atoms with Crippen LogP contribution in [0.1, 0.15) is 38.9 Å². The number of nitrogens with zero attached hydrogens (tertiary/aromatic N) is 4. The van der Waals surface area contributed by atoms with Crippen molar-refractivity contribution >= 4 is 46.4 Å². The van der Waals surface area contributed by atoms with Crippen LogP contribution in [0.3, 0.4) is 0 Å². The molecule has 4 aromatic rings. The molecule has 1 fully saturated rings. The summed E-state index contributed by atoms with van der Waals surface area (Å²) in [7, 11) is 0. The zero-order valence-corrected chi connectivity index (χ0v) is 23.3. The lowest BCUT2D eigenvalue weighted by Gasteiger charge is -2.43. The number of rotatable bonds is 6. The molecule has 196 valence electrons. The van der Waals surface area contributed by atoms with Crippen molar-refractivity contribution in [2.75, 3.05) is 24.5 Å². The number of benzene rings is 3. The molecule has 1 aliphatic heterocycles. The number of carbonyl (C=O) groups excluding carboxylic acids is 1. The van der Waals surface area contributed by atoms with Crippen LogP contribution in [0.5, 0.6) is 0 Å². The van der Waals surface area contributed by atoms with Crippen LogP contribution in [-0.2, 0) is 6.61 Å². The van der Waals surface area contributed by atoms with Crippen molar-refractivity contribution < 1.29 is 9.63 Å². The predicted octanol–water partition coefficient (Wildman–Crippen LogP) is 6.79. The Morgan fingerprint density at radius 2 is 1.66 bits per heavy atom. The Hall–Kier alpha value is -3.19. The number of piperazine rings is 1. The molecule has 0 N–H and O–H groups in total. The molecule has 0 bridgehead atoms. The minimum absolute atomic E-state index is 0.0737. The Morgan fingerprint density at radius 1 is 0.947 bits per heavy atom. The van der Waals surface area contributed by atoms with Crippen molar-refractivity contribution in [3.8, 4) is 0 Å². The summed E-state index contributed by atoms with van der Waals surface area (Å²) < 4.78 is 0. The molecule has 1 amide bonds. The van der Waals surface area contributed by atoms with Gasteiger partial charge in [0.25, 0.3) is 5.91 Å². The first-order chi connectivity index (χ1) is 18.3. The van der Waals surface area contributed by atoms with Crippen molar-refractivity contribution in [1.82, 2.24) is 14.8 Å². The first-order valence-corrected chi connectivity index (χ1v) is 13.4.